The molecule has 6 nitrogen and oxygen atoms in total. The molecule has 130 valence electrons. The summed E-state index contributed by atoms with van der Waals surface area (Å²) in [5.41, 5.74) is 2.37. The summed E-state index contributed by atoms with van der Waals surface area (Å²) in [6.07, 6.45) is 1.67. The Kier molecular flexibility index (Phi) is 4.01. The number of rotatable bonds is 4. The maximum absolute atomic E-state index is 13.1. The van der Waals surface area contributed by atoms with Gasteiger partial charge < -0.3 is 9.88 Å². The van der Waals surface area contributed by atoms with E-state index in [1.165, 1.54) is 11.7 Å². The Balaban J connectivity index is 1.98. The lowest BCUT2D eigenvalue weighted by Gasteiger charge is -2.08. The van der Waals surface area contributed by atoms with Crippen molar-refractivity contribution < 1.29 is 4.79 Å². The molecular formula is C20H18N4O2. The second-order valence-electron chi connectivity index (χ2n) is 6.13. The van der Waals surface area contributed by atoms with E-state index in [0.717, 1.165) is 21.9 Å². The van der Waals surface area contributed by atoms with E-state index in [0.29, 0.717) is 12.1 Å². The molecule has 2 heterocycles. The Morgan fingerprint density at radius 3 is 2.54 bits per heavy atom. The minimum Gasteiger partial charge on any atom is -0.358 e. The highest BCUT2D eigenvalue weighted by Gasteiger charge is 2.16. The van der Waals surface area contributed by atoms with Gasteiger partial charge in [0.15, 0.2) is 0 Å². The van der Waals surface area contributed by atoms with Crippen molar-refractivity contribution in [3.05, 3.63) is 76.7 Å². The van der Waals surface area contributed by atoms with Crippen LogP contribution < -0.4 is 10.9 Å². The fraction of sp³-hybridized carbons (Fsp3) is 0.150. The van der Waals surface area contributed by atoms with Gasteiger partial charge in [0.05, 0.1) is 6.20 Å². The molecular weight excluding hydrogens is 328 g/mol. The van der Waals surface area contributed by atoms with Crippen LogP contribution in [0.4, 0.5) is 0 Å². The summed E-state index contributed by atoms with van der Waals surface area (Å²) in [5.74, 6) is -0.260. The third-order valence-corrected chi connectivity index (χ3v) is 4.53. The van der Waals surface area contributed by atoms with Crippen molar-refractivity contribution >= 4 is 27.7 Å². The Bertz CT molecular complexity index is 1160. The van der Waals surface area contributed by atoms with E-state index in [2.05, 4.69) is 10.4 Å². The number of nitrogens with one attached hydrogen (secondary N) is 1. The van der Waals surface area contributed by atoms with Gasteiger partial charge in [0.2, 0.25) is 5.91 Å². The molecule has 0 spiro atoms. The van der Waals surface area contributed by atoms with Gasteiger partial charge in [-0.15, -0.1) is 0 Å². The number of carbonyl (C=O) groups is 1. The third kappa shape index (κ3) is 2.65. The minimum atomic E-state index is -0.266. The predicted molar refractivity (Wildman–Crippen MR) is 101 cm³/mol. The Morgan fingerprint density at radius 2 is 1.77 bits per heavy atom. The third-order valence-electron chi connectivity index (χ3n) is 4.53. The topological polar surface area (TPSA) is 68.9 Å². The second-order valence-corrected chi connectivity index (χ2v) is 6.13. The molecule has 0 aliphatic heterocycles. The number of carbonyl (C=O) groups excluding carboxylic acids is 1. The van der Waals surface area contributed by atoms with Gasteiger partial charge in [-0.2, -0.15) is 5.10 Å². The highest BCUT2D eigenvalue weighted by molar-refractivity contribution is 6.07. The number of benzene rings is 2. The normalized spacial score (nSPS) is 11.1. The monoisotopic (exact) mass is 346 g/mol. The number of hydrogen-bond donors (Lipinski definition) is 1. The second kappa shape index (κ2) is 6.48. The molecule has 4 rings (SSSR count). The highest BCUT2D eigenvalue weighted by atomic mass is 16.2. The van der Waals surface area contributed by atoms with Crippen LogP contribution >= 0.6 is 0 Å². The Labute approximate surface area is 149 Å². The van der Waals surface area contributed by atoms with Crippen molar-refractivity contribution in [2.24, 2.45) is 0 Å². The van der Waals surface area contributed by atoms with Crippen molar-refractivity contribution in [2.75, 3.05) is 7.05 Å². The fourth-order valence-corrected chi connectivity index (χ4v) is 3.25. The molecule has 1 N–H and O–H groups in total. The predicted octanol–water partition coefficient (Wildman–Crippen LogP) is 2.15. The smallest absolute Gasteiger partial charge is 0.291 e. The molecule has 0 bridgehead atoms. The largest absolute Gasteiger partial charge is 0.358 e. The molecule has 0 aliphatic carbocycles. The van der Waals surface area contributed by atoms with Gasteiger partial charge >= 0.3 is 0 Å². The van der Waals surface area contributed by atoms with Gasteiger partial charge in [0.1, 0.15) is 12.1 Å². The summed E-state index contributed by atoms with van der Waals surface area (Å²) in [6, 6.07) is 17.9. The first-order valence-electron chi connectivity index (χ1n) is 8.40. The zero-order valence-electron chi connectivity index (χ0n) is 14.3. The molecule has 0 atom stereocenters. The number of amides is 1. The van der Waals surface area contributed by atoms with E-state index in [4.69, 9.17) is 0 Å². The van der Waals surface area contributed by atoms with Crippen molar-refractivity contribution in [2.45, 2.75) is 13.1 Å². The molecule has 4 aromatic rings. The summed E-state index contributed by atoms with van der Waals surface area (Å²) >= 11 is 0. The standard InChI is InChI=1S/C20H18N4O2/c1-21-18(25)13-24-20(26)19-16(11-22-24)15-9-5-6-10-17(15)23(19)12-14-7-3-2-4-8-14/h2-11H,12-13H2,1H3,(H,21,25). The highest BCUT2D eigenvalue weighted by Crippen LogP contribution is 2.27. The van der Waals surface area contributed by atoms with Crippen LogP contribution in [0.5, 0.6) is 0 Å². The lowest BCUT2D eigenvalue weighted by Crippen LogP contribution is -2.32. The molecule has 0 saturated heterocycles. The molecule has 6 heteroatoms. The summed E-state index contributed by atoms with van der Waals surface area (Å²) in [6.45, 7) is 0.474. The van der Waals surface area contributed by atoms with Crippen LogP contribution in [-0.4, -0.2) is 27.3 Å². The number of likely N-dealkylation sites (N-methyl/N-ethyl adjacent to an activating group) is 1. The van der Waals surface area contributed by atoms with Crippen molar-refractivity contribution in [3.63, 3.8) is 0 Å². The molecule has 0 saturated carbocycles. The lowest BCUT2D eigenvalue weighted by molar-refractivity contribution is -0.121. The van der Waals surface area contributed by atoms with Gasteiger partial charge in [-0.25, -0.2) is 4.68 Å². The van der Waals surface area contributed by atoms with Crippen LogP contribution in [0.2, 0.25) is 0 Å². The lowest BCUT2D eigenvalue weighted by atomic mass is 10.2. The molecule has 0 unspecified atom stereocenters. The number of para-hydroxylation sites is 1. The Morgan fingerprint density at radius 1 is 1.04 bits per heavy atom. The SMILES string of the molecule is CNC(=O)Cn1ncc2c3ccccc3n(Cc3ccccc3)c2c1=O. The number of hydrogen-bond acceptors (Lipinski definition) is 3. The quantitative estimate of drug-likeness (QED) is 0.616. The van der Waals surface area contributed by atoms with Crippen molar-refractivity contribution in [1.29, 1.82) is 0 Å². The van der Waals surface area contributed by atoms with Crippen molar-refractivity contribution in [1.82, 2.24) is 19.7 Å². The van der Waals surface area contributed by atoms with Crippen LogP contribution in [0.15, 0.2) is 65.6 Å². The summed E-state index contributed by atoms with van der Waals surface area (Å²) in [4.78, 5) is 24.8. The zero-order chi connectivity index (χ0) is 18.1. The van der Waals surface area contributed by atoms with E-state index in [1.54, 1.807) is 6.20 Å². The van der Waals surface area contributed by atoms with Gasteiger partial charge in [-0.1, -0.05) is 48.5 Å². The molecule has 26 heavy (non-hydrogen) atoms. The zero-order valence-corrected chi connectivity index (χ0v) is 14.3. The van der Waals surface area contributed by atoms with Crippen LogP contribution in [0.3, 0.4) is 0 Å². The fourth-order valence-electron chi connectivity index (χ4n) is 3.25. The maximum Gasteiger partial charge on any atom is 0.291 e. The van der Waals surface area contributed by atoms with E-state index in [-0.39, 0.29) is 18.0 Å². The maximum atomic E-state index is 13.1. The summed E-state index contributed by atoms with van der Waals surface area (Å²) in [7, 11) is 1.54. The summed E-state index contributed by atoms with van der Waals surface area (Å²) < 4.78 is 3.21. The van der Waals surface area contributed by atoms with E-state index in [1.807, 2.05) is 59.2 Å². The van der Waals surface area contributed by atoms with Gasteiger partial charge in [0.25, 0.3) is 5.56 Å². The Hall–Kier alpha value is -3.41. The summed E-state index contributed by atoms with van der Waals surface area (Å²) in [5, 5.41) is 8.50. The van der Waals surface area contributed by atoms with Gasteiger partial charge in [-0.3, -0.25) is 9.59 Å². The number of aromatic nitrogens is 3. The average Bonchev–Trinajstić information content (AvgIpc) is 2.99. The van der Waals surface area contributed by atoms with Gasteiger partial charge in [-0.05, 0) is 11.6 Å². The minimum absolute atomic E-state index is 0.0991. The van der Waals surface area contributed by atoms with Crippen LogP contribution in [-0.2, 0) is 17.9 Å². The van der Waals surface area contributed by atoms with Crippen molar-refractivity contribution in [3.8, 4) is 0 Å². The number of nitrogens with zero attached hydrogens (tertiary/aromatic N) is 3. The van der Waals surface area contributed by atoms with Crippen LogP contribution in [0.1, 0.15) is 5.56 Å². The number of fused-ring (bicyclic) bond motifs is 3. The van der Waals surface area contributed by atoms with Crippen LogP contribution in [0, 0.1) is 0 Å². The molecule has 0 fully saturated rings. The first-order chi connectivity index (χ1) is 12.7. The molecule has 0 radical (unpaired) electrons. The van der Waals surface area contributed by atoms with E-state index < -0.39 is 0 Å². The molecule has 2 aromatic carbocycles. The molecule has 1 amide bonds. The first-order valence-corrected chi connectivity index (χ1v) is 8.40. The van der Waals surface area contributed by atoms with Gasteiger partial charge in [0, 0.05) is 29.9 Å². The molecule has 2 aromatic heterocycles. The molecule has 0 aliphatic rings. The average molecular weight is 346 g/mol. The van der Waals surface area contributed by atoms with E-state index >= 15 is 0 Å². The van der Waals surface area contributed by atoms with E-state index in [9.17, 15) is 9.59 Å². The first kappa shape index (κ1) is 16.1. The van der Waals surface area contributed by atoms with Crippen LogP contribution in [0.25, 0.3) is 21.8 Å².